The van der Waals surface area contributed by atoms with E-state index in [9.17, 15) is 4.79 Å². The molecule has 0 radical (unpaired) electrons. The monoisotopic (exact) mass is 282 g/mol. The molecule has 114 valence electrons. The van der Waals surface area contributed by atoms with Gasteiger partial charge < -0.3 is 15.4 Å². The number of aromatic nitrogens is 2. The third-order valence-corrected chi connectivity index (χ3v) is 2.77. The second-order valence-electron chi connectivity index (χ2n) is 5.84. The van der Waals surface area contributed by atoms with E-state index in [2.05, 4.69) is 22.7 Å². The molecule has 0 spiro atoms. The lowest BCUT2D eigenvalue weighted by molar-refractivity contribution is 0.0527. The third kappa shape index (κ3) is 6.06. The van der Waals surface area contributed by atoms with Gasteiger partial charge in [0.1, 0.15) is 5.60 Å². The number of carbonyl (C=O) groups is 1. The smallest absolute Gasteiger partial charge is 0.407 e. The first-order chi connectivity index (χ1) is 9.29. The normalized spacial score (nSPS) is 13.1. The number of hydrogen-bond acceptors (Lipinski definition) is 4. The van der Waals surface area contributed by atoms with Crippen molar-refractivity contribution >= 4 is 6.09 Å². The molecule has 0 aliphatic carbocycles. The number of aryl methyl sites for hydroxylation is 1. The highest BCUT2D eigenvalue weighted by Crippen LogP contribution is 2.09. The van der Waals surface area contributed by atoms with Crippen LogP contribution in [0.4, 0.5) is 4.79 Å². The molecule has 0 fully saturated rings. The highest BCUT2D eigenvalue weighted by atomic mass is 16.6. The first kappa shape index (κ1) is 16.5. The van der Waals surface area contributed by atoms with Gasteiger partial charge >= 0.3 is 6.09 Å². The summed E-state index contributed by atoms with van der Waals surface area (Å²) in [4.78, 5) is 11.4. The van der Waals surface area contributed by atoms with Crippen LogP contribution in [0.15, 0.2) is 12.3 Å². The van der Waals surface area contributed by atoms with Crippen molar-refractivity contribution in [3.05, 3.63) is 18.0 Å². The lowest BCUT2D eigenvalue weighted by atomic mass is 10.2. The fourth-order valence-electron chi connectivity index (χ4n) is 1.82. The Morgan fingerprint density at radius 1 is 1.45 bits per heavy atom. The zero-order valence-electron chi connectivity index (χ0n) is 13.1. The van der Waals surface area contributed by atoms with Gasteiger partial charge in [0, 0.05) is 25.8 Å². The van der Waals surface area contributed by atoms with Gasteiger partial charge in [-0.15, -0.1) is 0 Å². The van der Waals surface area contributed by atoms with Crippen LogP contribution < -0.4 is 10.6 Å². The molecule has 1 aromatic rings. The number of carbonyl (C=O) groups excluding carboxylic acids is 1. The number of ether oxygens (including phenoxy) is 1. The van der Waals surface area contributed by atoms with E-state index in [1.54, 1.807) is 6.20 Å². The van der Waals surface area contributed by atoms with Crippen LogP contribution in [0.5, 0.6) is 0 Å². The molecule has 1 heterocycles. The summed E-state index contributed by atoms with van der Waals surface area (Å²) >= 11 is 0. The van der Waals surface area contributed by atoms with Crippen LogP contribution in [0, 0.1) is 0 Å². The van der Waals surface area contributed by atoms with E-state index in [1.165, 1.54) is 0 Å². The van der Waals surface area contributed by atoms with Gasteiger partial charge in [-0.05, 0) is 46.7 Å². The van der Waals surface area contributed by atoms with E-state index in [-0.39, 0.29) is 12.1 Å². The van der Waals surface area contributed by atoms with E-state index in [0.717, 1.165) is 18.7 Å². The van der Waals surface area contributed by atoms with Gasteiger partial charge in [-0.1, -0.05) is 0 Å². The molecule has 1 amide bonds. The van der Waals surface area contributed by atoms with Crippen LogP contribution in [0.25, 0.3) is 0 Å². The Bertz CT molecular complexity index is 423. The van der Waals surface area contributed by atoms with Gasteiger partial charge in [0.2, 0.25) is 0 Å². The van der Waals surface area contributed by atoms with Gasteiger partial charge in [-0.25, -0.2) is 4.79 Å². The summed E-state index contributed by atoms with van der Waals surface area (Å²) in [5.41, 5.74) is 0.696. The minimum Gasteiger partial charge on any atom is -0.444 e. The van der Waals surface area contributed by atoms with Crippen molar-refractivity contribution in [1.82, 2.24) is 20.4 Å². The van der Waals surface area contributed by atoms with Gasteiger partial charge in [0.05, 0.1) is 5.69 Å². The number of nitrogens with one attached hydrogen (secondary N) is 2. The first-order valence-electron chi connectivity index (χ1n) is 6.98. The summed E-state index contributed by atoms with van der Waals surface area (Å²) in [6.07, 6.45) is 2.27. The number of amides is 1. The first-order valence-corrected chi connectivity index (χ1v) is 6.98. The molecule has 0 aliphatic rings. The third-order valence-electron chi connectivity index (χ3n) is 2.77. The Labute approximate surface area is 120 Å². The Morgan fingerprint density at radius 2 is 2.15 bits per heavy atom. The summed E-state index contributed by atoms with van der Waals surface area (Å²) in [6, 6.07) is 2.24. The summed E-state index contributed by atoms with van der Waals surface area (Å²) in [7, 11) is 1.93. The van der Waals surface area contributed by atoms with E-state index in [0.29, 0.717) is 6.54 Å². The molecule has 0 saturated heterocycles. The predicted molar refractivity (Wildman–Crippen MR) is 78.5 cm³/mol. The van der Waals surface area contributed by atoms with Crippen LogP contribution in [0.1, 0.15) is 45.9 Å². The molecular formula is C14H26N4O2. The summed E-state index contributed by atoms with van der Waals surface area (Å²) in [6.45, 7) is 9.07. The highest BCUT2D eigenvalue weighted by Gasteiger charge is 2.15. The van der Waals surface area contributed by atoms with Gasteiger partial charge in [0.25, 0.3) is 0 Å². The van der Waals surface area contributed by atoms with Crippen molar-refractivity contribution in [1.29, 1.82) is 0 Å². The van der Waals surface area contributed by atoms with Crippen LogP contribution in [-0.2, 0) is 11.8 Å². The number of nitrogens with zero attached hydrogens (tertiary/aromatic N) is 2. The molecule has 0 aliphatic heterocycles. The molecule has 0 aromatic carbocycles. The largest absolute Gasteiger partial charge is 0.444 e. The quantitative estimate of drug-likeness (QED) is 0.783. The second kappa shape index (κ2) is 7.28. The SMILES string of the molecule is CC(NCCCNC(=O)OC(C)(C)C)c1ccnn1C. The van der Waals surface area contributed by atoms with Crippen molar-refractivity contribution in [2.75, 3.05) is 13.1 Å². The maximum absolute atomic E-state index is 11.4. The van der Waals surface area contributed by atoms with E-state index in [4.69, 9.17) is 4.74 Å². The van der Waals surface area contributed by atoms with Crippen LogP contribution in [0.3, 0.4) is 0 Å². The zero-order chi connectivity index (χ0) is 15.2. The minimum atomic E-state index is -0.448. The Balaban J connectivity index is 2.14. The van der Waals surface area contributed by atoms with Gasteiger partial charge in [0.15, 0.2) is 0 Å². The lowest BCUT2D eigenvalue weighted by Crippen LogP contribution is -2.34. The maximum Gasteiger partial charge on any atom is 0.407 e. The molecule has 6 heteroatoms. The lowest BCUT2D eigenvalue weighted by Gasteiger charge is -2.19. The highest BCUT2D eigenvalue weighted by molar-refractivity contribution is 5.67. The van der Waals surface area contributed by atoms with Crippen molar-refractivity contribution in [3.8, 4) is 0 Å². The van der Waals surface area contributed by atoms with Crippen molar-refractivity contribution in [3.63, 3.8) is 0 Å². The van der Waals surface area contributed by atoms with Crippen LogP contribution in [-0.4, -0.2) is 34.6 Å². The molecular weight excluding hydrogens is 256 g/mol. The molecule has 1 aromatic heterocycles. The summed E-state index contributed by atoms with van der Waals surface area (Å²) < 4.78 is 7.02. The standard InChI is InChI=1S/C14H26N4O2/c1-11(12-7-10-17-18(12)5)15-8-6-9-16-13(19)20-14(2,3)4/h7,10-11,15H,6,8-9H2,1-5H3,(H,16,19). The molecule has 20 heavy (non-hydrogen) atoms. The molecule has 0 saturated carbocycles. The number of hydrogen-bond donors (Lipinski definition) is 2. The maximum atomic E-state index is 11.4. The van der Waals surface area contributed by atoms with Crippen molar-refractivity contribution in [2.45, 2.75) is 45.8 Å². The predicted octanol–water partition coefficient (Wildman–Crippen LogP) is 1.99. The molecule has 6 nitrogen and oxygen atoms in total. The Morgan fingerprint density at radius 3 is 2.70 bits per heavy atom. The average molecular weight is 282 g/mol. The van der Waals surface area contributed by atoms with Crippen molar-refractivity contribution in [2.24, 2.45) is 7.05 Å². The van der Waals surface area contributed by atoms with Crippen LogP contribution in [0.2, 0.25) is 0 Å². The van der Waals surface area contributed by atoms with E-state index < -0.39 is 5.60 Å². The topological polar surface area (TPSA) is 68.2 Å². The fraction of sp³-hybridized carbons (Fsp3) is 0.714. The van der Waals surface area contributed by atoms with Crippen LogP contribution >= 0.6 is 0 Å². The zero-order valence-corrected chi connectivity index (χ0v) is 13.1. The van der Waals surface area contributed by atoms with E-state index in [1.807, 2.05) is 38.6 Å². The van der Waals surface area contributed by atoms with Gasteiger partial charge in [-0.2, -0.15) is 5.10 Å². The second-order valence-corrected chi connectivity index (χ2v) is 5.84. The number of rotatable bonds is 6. The Kier molecular flexibility index (Phi) is 6.01. The average Bonchev–Trinajstić information content (AvgIpc) is 2.72. The molecule has 1 unspecified atom stereocenters. The summed E-state index contributed by atoms with van der Waals surface area (Å²) in [5.74, 6) is 0. The van der Waals surface area contributed by atoms with E-state index >= 15 is 0 Å². The minimum absolute atomic E-state index is 0.240. The Hall–Kier alpha value is -1.56. The molecule has 2 N–H and O–H groups in total. The molecule has 1 atom stereocenters. The summed E-state index contributed by atoms with van der Waals surface area (Å²) in [5, 5.41) is 10.3. The number of alkyl carbamates (subject to hydrolysis) is 1. The van der Waals surface area contributed by atoms with Crippen molar-refractivity contribution < 1.29 is 9.53 Å². The fourth-order valence-corrected chi connectivity index (χ4v) is 1.82. The molecule has 1 rings (SSSR count). The van der Waals surface area contributed by atoms with Gasteiger partial charge in [-0.3, -0.25) is 4.68 Å². The molecule has 0 bridgehead atoms.